The Kier molecular flexibility index (Phi) is 2.64. The van der Waals surface area contributed by atoms with Gasteiger partial charge in [-0.05, 0) is 25.0 Å². The number of halogens is 1. The number of benzene rings is 1. The van der Waals surface area contributed by atoms with Gasteiger partial charge in [0, 0.05) is 6.04 Å². The lowest BCUT2D eigenvalue weighted by Crippen LogP contribution is -2.16. The lowest BCUT2D eigenvalue weighted by atomic mass is 10.2. The lowest BCUT2D eigenvalue weighted by Gasteiger charge is -2.15. The van der Waals surface area contributed by atoms with E-state index < -0.39 is 0 Å². The predicted molar refractivity (Wildman–Crippen MR) is 61.6 cm³/mol. The van der Waals surface area contributed by atoms with Gasteiger partial charge in [-0.15, -0.1) is 0 Å². The minimum absolute atomic E-state index is 0.468. The maximum Gasteiger partial charge on any atom is 0.0739 e. The van der Waals surface area contributed by atoms with Crippen molar-refractivity contribution >= 4 is 23.0 Å². The molecular formula is C11H13ClN2. The van der Waals surface area contributed by atoms with Crippen molar-refractivity contribution in [1.29, 1.82) is 0 Å². The fraction of sp³-hybridized carbons (Fsp3) is 0.273. The Bertz CT molecular complexity index is 352. The summed E-state index contributed by atoms with van der Waals surface area (Å²) in [6, 6.07) is 6.13. The van der Waals surface area contributed by atoms with Crippen LogP contribution in [0.3, 0.4) is 0 Å². The first-order valence-electron chi connectivity index (χ1n) is 4.73. The molecule has 74 valence electrons. The molecule has 0 atom stereocenters. The van der Waals surface area contributed by atoms with Gasteiger partial charge < -0.3 is 11.1 Å². The first kappa shape index (κ1) is 9.41. The van der Waals surface area contributed by atoms with Crippen LogP contribution in [0.4, 0.5) is 11.4 Å². The molecule has 1 aliphatic rings. The molecule has 0 saturated carbocycles. The van der Waals surface area contributed by atoms with Crippen LogP contribution in [0.5, 0.6) is 0 Å². The number of hydrogen-bond donors (Lipinski definition) is 2. The zero-order valence-corrected chi connectivity index (χ0v) is 8.59. The van der Waals surface area contributed by atoms with Crippen molar-refractivity contribution in [3.63, 3.8) is 0 Å². The average Bonchev–Trinajstić information content (AvgIpc) is 2.66. The van der Waals surface area contributed by atoms with E-state index in [1.165, 1.54) is 0 Å². The Labute approximate surface area is 88.8 Å². The fourth-order valence-electron chi connectivity index (χ4n) is 1.62. The summed E-state index contributed by atoms with van der Waals surface area (Å²) in [5, 5.41) is 3.99. The maximum atomic E-state index is 5.92. The Morgan fingerprint density at radius 1 is 1.29 bits per heavy atom. The third-order valence-corrected chi connectivity index (χ3v) is 2.75. The van der Waals surface area contributed by atoms with E-state index in [0.717, 1.165) is 18.5 Å². The quantitative estimate of drug-likeness (QED) is 0.579. The van der Waals surface area contributed by atoms with Crippen LogP contribution in [0.1, 0.15) is 12.8 Å². The molecule has 1 aromatic carbocycles. The van der Waals surface area contributed by atoms with Crippen LogP contribution in [0.25, 0.3) is 0 Å². The van der Waals surface area contributed by atoms with Gasteiger partial charge in [-0.1, -0.05) is 29.8 Å². The summed E-state index contributed by atoms with van der Waals surface area (Å²) in [5.41, 5.74) is 7.42. The first-order valence-corrected chi connectivity index (χ1v) is 5.10. The third-order valence-electron chi connectivity index (χ3n) is 2.42. The maximum absolute atomic E-state index is 5.92. The number of nitrogens with two attached hydrogens (primary N) is 1. The zero-order valence-electron chi connectivity index (χ0n) is 7.83. The molecule has 2 nitrogen and oxygen atoms in total. The summed E-state index contributed by atoms with van der Waals surface area (Å²) in [4.78, 5) is 0. The van der Waals surface area contributed by atoms with Crippen LogP contribution in [0.2, 0.25) is 5.02 Å². The molecule has 1 aliphatic carbocycles. The van der Waals surface area contributed by atoms with Gasteiger partial charge in [0.2, 0.25) is 0 Å². The molecule has 3 N–H and O–H groups in total. The molecule has 2 rings (SSSR count). The molecule has 0 bridgehead atoms. The summed E-state index contributed by atoms with van der Waals surface area (Å²) < 4.78 is 0. The Morgan fingerprint density at radius 2 is 2.00 bits per heavy atom. The third kappa shape index (κ3) is 1.85. The number of nitrogens with one attached hydrogen (secondary N) is 1. The van der Waals surface area contributed by atoms with Crippen LogP contribution in [0, 0.1) is 0 Å². The molecule has 14 heavy (non-hydrogen) atoms. The molecule has 0 spiro atoms. The summed E-state index contributed by atoms with van der Waals surface area (Å²) in [5.74, 6) is 0. The van der Waals surface area contributed by atoms with E-state index in [4.69, 9.17) is 17.3 Å². The van der Waals surface area contributed by atoms with Gasteiger partial charge in [0.15, 0.2) is 0 Å². The predicted octanol–water partition coefficient (Wildman–Crippen LogP) is 3.05. The van der Waals surface area contributed by atoms with E-state index in [9.17, 15) is 0 Å². The van der Waals surface area contributed by atoms with Crippen molar-refractivity contribution in [3.05, 3.63) is 35.4 Å². The summed E-state index contributed by atoms with van der Waals surface area (Å²) in [6.07, 6.45) is 6.48. The highest BCUT2D eigenvalue weighted by molar-refractivity contribution is 6.33. The van der Waals surface area contributed by atoms with Gasteiger partial charge in [0.05, 0.1) is 16.4 Å². The van der Waals surface area contributed by atoms with Crippen LogP contribution < -0.4 is 11.1 Å². The van der Waals surface area contributed by atoms with Crippen molar-refractivity contribution in [1.82, 2.24) is 0 Å². The molecule has 1 aromatic rings. The van der Waals surface area contributed by atoms with Crippen LogP contribution in [-0.4, -0.2) is 6.04 Å². The van der Waals surface area contributed by atoms with Crippen LogP contribution in [0.15, 0.2) is 30.4 Å². The normalized spacial score (nSPS) is 16.1. The molecule has 0 aromatic heterocycles. The van der Waals surface area contributed by atoms with E-state index >= 15 is 0 Å². The molecule has 0 saturated heterocycles. The largest absolute Gasteiger partial charge is 0.396 e. The number of hydrogen-bond acceptors (Lipinski definition) is 2. The number of anilines is 2. The minimum Gasteiger partial charge on any atom is -0.396 e. The lowest BCUT2D eigenvalue weighted by molar-refractivity contribution is 0.787. The number of rotatable bonds is 2. The van der Waals surface area contributed by atoms with E-state index in [0.29, 0.717) is 16.8 Å². The summed E-state index contributed by atoms with van der Waals surface area (Å²) in [6.45, 7) is 0. The second kappa shape index (κ2) is 3.93. The van der Waals surface area contributed by atoms with Crippen LogP contribution in [-0.2, 0) is 0 Å². The van der Waals surface area contributed by atoms with Crippen molar-refractivity contribution in [2.75, 3.05) is 11.1 Å². The fourth-order valence-corrected chi connectivity index (χ4v) is 1.79. The summed E-state index contributed by atoms with van der Waals surface area (Å²) >= 11 is 5.92. The van der Waals surface area contributed by atoms with Crippen molar-refractivity contribution in [3.8, 4) is 0 Å². The molecule has 0 aliphatic heterocycles. The number of para-hydroxylation sites is 1. The van der Waals surface area contributed by atoms with E-state index in [1.54, 1.807) is 6.07 Å². The van der Waals surface area contributed by atoms with Gasteiger partial charge in [-0.25, -0.2) is 0 Å². The minimum atomic E-state index is 0.468. The van der Waals surface area contributed by atoms with E-state index in [2.05, 4.69) is 17.5 Å². The highest BCUT2D eigenvalue weighted by Crippen LogP contribution is 2.28. The molecule has 0 unspecified atom stereocenters. The van der Waals surface area contributed by atoms with Gasteiger partial charge in [0.25, 0.3) is 0 Å². The number of nitrogen functional groups attached to an aromatic ring is 1. The topological polar surface area (TPSA) is 38.0 Å². The molecule has 0 amide bonds. The summed E-state index contributed by atoms with van der Waals surface area (Å²) in [7, 11) is 0. The monoisotopic (exact) mass is 208 g/mol. The van der Waals surface area contributed by atoms with Gasteiger partial charge in [-0.2, -0.15) is 0 Å². The first-order chi connectivity index (χ1) is 6.77. The second-order valence-corrected chi connectivity index (χ2v) is 3.89. The molecule has 3 heteroatoms. The van der Waals surface area contributed by atoms with Crippen molar-refractivity contribution < 1.29 is 0 Å². The van der Waals surface area contributed by atoms with Crippen molar-refractivity contribution in [2.24, 2.45) is 0 Å². The van der Waals surface area contributed by atoms with E-state index in [1.807, 2.05) is 12.1 Å². The van der Waals surface area contributed by atoms with Gasteiger partial charge in [0.1, 0.15) is 0 Å². The second-order valence-electron chi connectivity index (χ2n) is 3.49. The molecular weight excluding hydrogens is 196 g/mol. The molecule has 0 heterocycles. The highest BCUT2D eigenvalue weighted by atomic mass is 35.5. The Morgan fingerprint density at radius 3 is 2.71 bits per heavy atom. The van der Waals surface area contributed by atoms with Gasteiger partial charge in [-0.3, -0.25) is 0 Å². The van der Waals surface area contributed by atoms with Crippen molar-refractivity contribution in [2.45, 2.75) is 18.9 Å². The molecule has 0 radical (unpaired) electrons. The standard InChI is InChI=1S/C11H13ClN2/c12-9-6-3-7-10(11(9)13)14-8-4-1-2-5-8/h1-3,6-8,14H,4-5,13H2. The Hall–Kier alpha value is -1.15. The molecule has 0 fully saturated rings. The Balaban J connectivity index is 2.12. The average molecular weight is 209 g/mol. The highest BCUT2D eigenvalue weighted by Gasteiger charge is 2.11. The SMILES string of the molecule is Nc1c(Cl)cccc1NC1CC=CC1. The van der Waals surface area contributed by atoms with E-state index in [-0.39, 0.29) is 0 Å². The smallest absolute Gasteiger partial charge is 0.0739 e. The van der Waals surface area contributed by atoms with Crippen LogP contribution >= 0.6 is 11.6 Å². The zero-order chi connectivity index (χ0) is 9.97. The van der Waals surface area contributed by atoms with Gasteiger partial charge >= 0.3 is 0 Å².